The van der Waals surface area contributed by atoms with Crippen LogP contribution in [0.15, 0.2) is 93.3 Å². The number of rotatable bonds is 14. The maximum absolute atomic E-state index is 13.4. The van der Waals surface area contributed by atoms with Gasteiger partial charge in [0.15, 0.2) is 11.6 Å². The fourth-order valence-corrected chi connectivity index (χ4v) is 7.26. The van der Waals surface area contributed by atoms with E-state index >= 15 is 0 Å². The topological polar surface area (TPSA) is 200 Å². The van der Waals surface area contributed by atoms with Gasteiger partial charge in [-0.15, -0.1) is 0 Å². The molecule has 0 saturated heterocycles. The van der Waals surface area contributed by atoms with Gasteiger partial charge in [0.25, 0.3) is 23.6 Å². The highest BCUT2D eigenvalue weighted by Gasteiger charge is 2.27. The number of hydrogen-bond acceptors (Lipinski definition) is 10. The monoisotopic (exact) mass is 1020 g/mol. The summed E-state index contributed by atoms with van der Waals surface area (Å²) in [6.07, 6.45) is 0. The molecule has 0 aromatic heterocycles. The quantitative estimate of drug-likeness (QED) is 0.0484. The molecule has 0 bridgehead atoms. The number of hydrogen-bond donors (Lipinski definition) is 4. The Balaban J connectivity index is 1.27. The summed E-state index contributed by atoms with van der Waals surface area (Å²) >= 11 is 49.4. The van der Waals surface area contributed by atoms with Gasteiger partial charge in [-0.25, -0.2) is 0 Å². The van der Waals surface area contributed by atoms with Crippen molar-refractivity contribution in [3.8, 4) is 0 Å². The molecular weight excluding hydrogens is 996 g/mol. The second-order valence-electron chi connectivity index (χ2n) is 13.7. The van der Waals surface area contributed by atoms with E-state index in [2.05, 4.69) is 41.7 Å². The highest BCUT2D eigenvalue weighted by atomic mass is 35.5. The van der Waals surface area contributed by atoms with Gasteiger partial charge in [0, 0.05) is 32.5 Å². The molecule has 0 radical (unpaired) electrons. The molecule has 0 saturated carbocycles. The van der Waals surface area contributed by atoms with Crippen molar-refractivity contribution in [2.75, 3.05) is 21.3 Å². The summed E-state index contributed by atoms with van der Waals surface area (Å²) in [7, 11) is 0. The zero-order valence-corrected chi connectivity index (χ0v) is 39.4. The average Bonchev–Trinajstić information content (AvgIpc) is 3.22. The molecule has 5 aromatic carbocycles. The van der Waals surface area contributed by atoms with Gasteiger partial charge in [0.2, 0.25) is 12.1 Å². The lowest BCUT2D eigenvalue weighted by Crippen LogP contribution is -2.32. The first-order valence-corrected chi connectivity index (χ1v) is 21.2. The Morgan fingerprint density at radius 2 is 0.812 bits per heavy atom. The van der Waals surface area contributed by atoms with E-state index in [1.54, 1.807) is 13.8 Å². The van der Waals surface area contributed by atoms with Crippen LogP contribution in [0.5, 0.6) is 0 Å². The minimum absolute atomic E-state index is 0.0233. The molecule has 0 fully saturated rings. The lowest BCUT2D eigenvalue weighted by molar-refractivity contribution is -0.127. The number of Topliss-reactive ketones (excluding diaryl/α,β-unsaturated/α-hetero) is 2. The summed E-state index contributed by atoms with van der Waals surface area (Å²) in [4.78, 5) is 78.2. The molecule has 0 aliphatic rings. The first kappa shape index (κ1) is 49.8. The van der Waals surface area contributed by atoms with Gasteiger partial charge in [-0.1, -0.05) is 92.8 Å². The second-order valence-corrected chi connectivity index (χ2v) is 16.9. The Hall–Kier alpha value is -5.16. The summed E-state index contributed by atoms with van der Waals surface area (Å²) in [5, 5.41) is 27.2. The van der Waals surface area contributed by atoms with Crippen molar-refractivity contribution >= 4 is 162 Å². The number of anilines is 4. The number of nitrogens with one attached hydrogen (secondary N) is 4. The van der Waals surface area contributed by atoms with Crippen LogP contribution in [-0.4, -0.2) is 47.3 Å². The van der Waals surface area contributed by atoms with E-state index in [1.807, 2.05) is 0 Å². The van der Waals surface area contributed by atoms with Crippen LogP contribution in [0.2, 0.25) is 40.2 Å². The molecule has 4 amide bonds. The van der Waals surface area contributed by atoms with Crippen molar-refractivity contribution in [3.63, 3.8) is 0 Å². The molecule has 5 rings (SSSR count). The summed E-state index contributed by atoms with van der Waals surface area (Å²) in [5.74, 6) is -4.31. The third kappa shape index (κ3) is 12.5. The van der Waals surface area contributed by atoms with Gasteiger partial charge < -0.3 is 21.3 Å². The Morgan fingerprint density at radius 1 is 0.469 bits per heavy atom. The lowest BCUT2D eigenvalue weighted by Gasteiger charge is -2.16. The molecule has 14 nitrogen and oxygen atoms in total. The number of azo groups is 2. The van der Waals surface area contributed by atoms with E-state index < -0.39 is 47.3 Å². The molecule has 0 aliphatic heterocycles. The zero-order valence-electron chi connectivity index (χ0n) is 33.3. The minimum atomic E-state index is -1.62. The Morgan fingerprint density at radius 3 is 1.16 bits per heavy atom. The van der Waals surface area contributed by atoms with Gasteiger partial charge in [-0.05, 0) is 112 Å². The predicted molar refractivity (Wildman–Crippen MR) is 253 cm³/mol. The fraction of sp³-hybridized carbons (Fsp3) is 0.143. The summed E-state index contributed by atoms with van der Waals surface area (Å²) < 4.78 is 0. The molecule has 64 heavy (non-hydrogen) atoms. The number of benzene rings is 5. The number of amides is 4. The highest BCUT2D eigenvalue weighted by molar-refractivity contribution is 6.47. The predicted octanol–water partition coefficient (Wildman–Crippen LogP) is 13.4. The van der Waals surface area contributed by atoms with Crippen LogP contribution in [0, 0.1) is 13.8 Å². The SMILES string of the molecule is CC(=O)C(N=Nc1cc(Cl)cc(C(=O)Nc2c(Cl)ccc(Cl)c2Cl)c1)C(=O)Nc1cc(C)c(NC(=O)C(N=Nc2cc(Cl)cc(C(=O)Nc3c(Cl)ccc(Cl)c3Cl)c2)C(C)=O)cc1C. The van der Waals surface area contributed by atoms with Gasteiger partial charge in [0.05, 0.1) is 52.9 Å². The zero-order chi connectivity index (χ0) is 47.2. The van der Waals surface area contributed by atoms with Gasteiger partial charge >= 0.3 is 0 Å². The largest absolute Gasteiger partial charge is 0.324 e. The fourth-order valence-electron chi connectivity index (χ4n) is 5.55. The maximum atomic E-state index is 13.4. The Bertz CT molecular complexity index is 2630. The normalized spacial score (nSPS) is 12.2. The standard InChI is InChI=1S/C42H30Cl8N8O6/c1-17-9-32(52-42(64)36(20(4)60)58-56-26-14-22(12-24(44)16-26)40(62)54-38-30(48)8-6-28(46)34(38)50)18(2)10-31(17)51-41(63)35(19(3)59)57-55-25-13-21(11-23(43)15-25)39(61)53-37-29(47)7-5-27(45)33(37)49/h5-16,35-36H,1-4H3,(H,51,63)(H,52,64)(H,53,61)(H,54,62). The number of aryl methyl sites for hydroxylation is 2. The smallest absolute Gasteiger partial charge is 0.258 e. The van der Waals surface area contributed by atoms with Gasteiger partial charge in [-0.3, -0.25) is 28.8 Å². The highest BCUT2D eigenvalue weighted by Crippen LogP contribution is 2.38. The van der Waals surface area contributed by atoms with E-state index in [0.29, 0.717) is 11.1 Å². The first-order valence-electron chi connectivity index (χ1n) is 18.2. The van der Waals surface area contributed by atoms with Crippen molar-refractivity contribution < 1.29 is 28.8 Å². The van der Waals surface area contributed by atoms with Crippen molar-refractivity contribution in [2.24, 2.45) is 20.5 Å². The molecule has 0 aliphatic carbocycles. The van der Waals surface area contributed by atoms with Crippen LogP contribution >= 0.6 is 92.8 Å². The number of halogens is 8. The van der Waals surface area contributed by atoms with Crippen LogP contribution in [0.3, 0.4) is 0 Å². The molecule has 2 atom stereocenters. The summed E-state index contributed by atoms with van der Waals surface area (Å²) in [6, 6.07) is 13.7. The average molecular weight is 1030 g/mol. The maximum Gasteiger partial charge on any atom is 0.258 e. The van der Waals surface area contributed by atoms with Gasteiger partial charge in [0.1, 0.15) is 0 Å². The molecule has 2 unspecified atom stereocenters. The first-order chi connectivity index (χ1) is 30.1. The second kappa shape index (κ2) is 21.7. The molecule has 4 N–H and O–H groups in total. The van der Waals surface area contributed by atoms with Crippen LogP contribution in [0.25, 0.3) is 0 Å². The van der Waals surface area contributed by atoms with Gasteiger partial charge in [-0.2, -0.15) is 20.5 Å². The van der Waals surface area contributed by atoms with E-state index in [0.717, 1.165) is 13.8 Å². The molecule has 330 valence electrons. The van der Waals surface area contributed by atoms with Crippen molar-refractivity contribution in [1.29, 1.82) is 0 Å². The lowest BCUT2D eigenvalue weighted by atomic mass is 10.1. The summed E-state index contributed by atoms with van der Waals surface area (Å²) in [6.45, 7) is 5.55. The molecule has 5 aromatic rings. The number of ketones is 2. The Labute approximate surface area is 405 Å². The molecular formula is C42H30Cl8N8O6. The van der Waals surface area contributed by atoms with Crippen molar-refractivity contribution in [3.05, 3.63) is 135 Å². The van der Waals surface area contributed by atoms with E-state index in [1.165, 1.54) is 72.8 Å². The Kier molecular flexibility index (Phi) is 16.9. The van der Waals surface area contributed by atoms with Crippen LogP contribution < -0.4 is 21.3 Å². The van der Waals surface area contributed by atoms with Crippen LogP contribution in [-0.2, 0) is 19.2 Å². The third-order valence-corrected chi connectivity index (χ3v) is 11.5. The number of carbonyl (C=O) groups excluding carboxylic acids is 6. The van der Waals surface area contributed by atoms with E-state index in [4.69, 9.17) is 92.8 Å². The van der Waals surface area contributed by atoms with Crippen LogP contribution in [0.1, 0.15) is 45.7 Å². The molecule has 0 heterocycles. The van der Waals surface area contributed by atoms with Crippen LogP contribution in [0.4, 0.5) is 34.1 Å². The molecule has 22 heteroatoms. The molecule has 0 spiro atoms. The summed E-state index contributed by atoms with van der Waals surface area (Å²) in [5.41, 5.74) is 1.72. The number of nitrogens with zero attached hydrogens (tertiary/aromatic N) is 4. The minimum Gasteiger partial charge on any atom is -0.324 e. The van der Waals surface area contributed by atoms with Crippen molar-refractivity contribution in [2.45, 2.75) is 39.8 Å². The van der Waals surface area contributed by atoms with Crippen molar-refractivity contribution in [1.82, 2.24) is 0 Å². The third-order valence-electron chi connectivity index (χ3n) is 8.79. The van der Waals surface area contributed by atoms with E-state index in [-0.39, 0.29) is 85.4 Å². The van der Waals surface area contributed by atoms with E-state index in [9.17, 15) is 28.8 Å². The number of carbonyl (C=O) groups is 6.